The number of hydrogen-bond donors (Lipinski definition) is 0. The molecule has 0 aliphatic carbocycles. The minimum atomic E-state index is -0.315. The van der Waals surface area contributed by atoms with Gasteiger partial charge in [0.05, 0.1) is 22.5 Å². The summed E-state index contributed by atoms with van der Waals surface area (Å²) in [7, 11) is 0. The molecule has 2 aromatic carbocycles. The summed E-state index contributed by atoms with van der Waals surface area (Å²) in [6.45, 7) is 2.64. The van der Waals surface area contributed by atoms with E-state index in [1.807, 2.05) is 37.3 Å². The first-order chi connectivity index (χ1) is 12.5. The van der Waals surface area contributed by atoms with Crippen LogP contribution in [0.3, 0.4) is 0 Å². The monoisotopic (exact) mass is 451 g/mol. The number of carbonyl (C=O) groups excluding carboxylic acids is 2. The Morgan fingerprint density at radius 2 is 2.00 bits per heavy atom. The number of thioether (sulfide) groups is 1. The molecule has 0 N–H and O–H groups in total. The first kappa shape index (κ1) is 19.0. The van der Waals surface area contributed by atoms with Crippen LogP contribution in [0.5, 0.6) is 5.75 Å². The van der Waals surface area contributed by atoms with Crippen LogP contribution < -0.4 is 4.74 Å². The molecule has 3 rings (SSSR count). The van der Waals surface area contributed by atoms with Crippen LogP contribution in [0, 0.1) is 0 Å². The Morgan fingerprint density at radius 1 is 1.23 bits per heavy atom. The van der Waals surface area contributed by atoms with Gasteiger partial charge >= 0.3 is 0 Å². The molecule has 1 saturated heterocycles. The highest BCUT2D eigenvalue weighted by molar-refractivity contribution is 9.10. The predicted molar refractivity (Wildman–Crippen MR) is 108 cm³/mol. The van der Waals surface area contributed by atoms with Crippen LogP contribution in [0.4, 0.5) is 4.79 Å². The van der Waals surface area contributed by atoms with Crippen molar-refractivity contribution in [3.05, 3.63) is 68.0 Å². The van der Waals surface area contributed by atoms with Gasteiger partial charge in [-0.05, 0) is 70.0 Å². The Labute approximate surface area is 169 Å². The third-order valence-electron chi connectivity index (χ3n) is 3.71. The smallest absolute Gasteiger partial charge is 0.293 e. The van der Waals surface area contributed by atoms with E-state index in [1.165, 1.54) is 4.90 Å². The number of nitrogens with zero attached hydrogens (tertiary/aromatic N) is 1. The molecule has 26 heavy (non-hydrogen) atoms. The van der Waals surface area contributed by atoms with Crippen molar-refractivity contribution in [3.8, 4) is 5.75 Å². The number of carbonyl (C=O) groups is 2. The maximum Gasteiger partial charge on any atom is 0.293 e. The average Bonchev–Trinajstić information content (AvgIpc) is 2.87. The van der Waals surface area contributed by atoms with E-state index in [0.717, 1.165) is 33.1 Å². The largest absolute Gasteiger partial charge is 0.493 e. The van der Waals surface area contributed by atoms with Gasteiger partial charge in [0, 0.05) is 5.02 Å². The second-order valence-corrected chi connectivity index (χ2v) is 7.74. The van der Waals surface area contributed by atoms with Gasteiger partial charge in [-0.15, -0.1) is 0 Å². The van der Waals surface area contributed by atoms with Crippen LogP contribution in [0.15, 0.2) is 51.8 Å². The number of benzene rings is 2. The zero-order chi connectivity index (χ0) is 18.7. The quantitative estimate of drug-likeness (QED) is 0.543. The van der Waals surface area contributed by atoms with Gasteiger partial charge in [0.15, 0.2) is 0 Å². The molecule has 0 saturated carbocycles. The maximum absolute atomic E-state index is 12.6. The predicted octanol–water partition coefficient (Wildman–Crippen LogP) is 5.74. The van der Waals surface area contributed by atoms with Gasteiger partial charge in [0.25, 0.3) is 11.1 Å². The van der Waals surface area contributed by atoms with Crippen LogP contribution in [-0.2, 0) is 11.3 Å². The summed E-state index contributed by atoms with van der Waals surface area (Å²) in [5, 5.41) is 0.233. The van der Waals surface area contributed by atoms with Crippen molar-refractivity contribution in [3.63, 3.8) is 0 Å². The van der Waals surface area contributed by atoms with Crippen molar-refractivity contribution >= 4 is 56.5 Å². The van der Waals surface area contributed by atoms with E-state index in [1.54, 1.807) is 18.2 Å². The molecule has 0 unspecified atom stereocenters. The third-order valence-corrected chi connectivity index (χ3v) is 5.61. The summed E-state index contributed by atoms with van der Waals surface area (Å²) >= 11 is 10.5. The van der Waals surface area contributed by atoms with Gasteiger partial charge < -0.3 is 4.74 Å². The fraction of sp³-hybridized carbons (Fsp3) is 0.158. The third kappa shape index (κ3) is 4.14. The van der Waals surface area contributed by atoms with Gasteiger partial charge in [0.1, 0.15) is 5.75 Å². The summed E-state index contributed by atoms with van der Waals surface area (Å²) in [6, 6.07) is 12.7. The zero-order valence-corrected chi connectivity index (χ0v) is 17.0. The van der Waals surface area contributed by atoms with Crippen molar-refractivity contribution in [2.75, 3.05) is 6.61 Å². The number of hydrogen-bond acceptors (Lipinski definition) is 4. The van der Waals surface area contributed by atoms with Crippen LogP contribution in [0.25, 0.3) is 6.08 Å². The van der Waals surface area contributed by atoms with Crippen LogP contribution >= 0.6 is 39.3 Å². The van der Waals surface area contributed by atoms with Crippen molar-refractivity contribution in [2.24, 2.45) is 0 Å². The minimum Gasteiger partial charge on any atom is -0.493 e. The normalized spacial score (nSPS) is 15.8. The highest BCUT2D eigenvalue weighted by atomic mass is 79.9. The van der Waals surface area contributed by atoms with E-state index < -0.39 is 0 Å². The highest BCUT2D eigenvalue weighted by Gasteiger charge is 2.35. The molecule has 0 atom stereocenters. The van der Waals surface area contributed by atoms with Crippen LogP contribution in [-0.4, -0.2) is 22.7 Å². The van der Waals surface area contributed by atoms with Crippen molar-refractivity contribution < 1.29 is 14.3 Å². The molecule has 1 heterocycles. The van der Waals surface area contributed by atoms with Gasteiger partial charge in [-0.2, -0.15) is 0 Å². The number of ether oxygens (including phenoxy) is 1. The Hall–Kier alpha value is -1.76. The SMILES string of the molecule is CCOc1ccc(/C=C2\SC(=O)N(Cc3ccccc3Cl)C2=O)cc1Br. The lowest BCUT2D eigenvalue weighted by molar-refractivity contribution is -0.123. The van der Waals surface area contributed by atoms with E-state index in [-0.39, 0.29) is 17.7 Å². The Bertz CT molecular complexity index is 900. The molecule has 7 heteroatoms. The number of amides is 2. The second kappa shape index (κ2) is 8.29. The number of halogens is 2. The Morgan fingerprint density at radius 3 is 2.69 bits per heavy atom. The number of rotatable bonds is 5. The fourth-order valence-corrected chi connectivity index (χ4v) is 4.01. The molecular weight excluding hydrogens is 438 g/mol. The van der Waals surface area contributed by atoms with Crippen LogP contribution in [0.1, 0.15) is 18.1 Å². The fourth-order valence-electron chi connectivity index (χ4n) is 2.46. The maximum atomic E-state index is 12.6. The number of imide groups is 1. The molecular formula is C19H15BrClNO3S. The van der Waals surface area contributed by atoms with Crippen LogP contribution in [0.2, 0.25) is 5.02 Å². The highest BCUT2D eigenvalue weighted by Crippen LogP contribution is 2.35. The summed E-state index contributed by atoms with van der Waals surface area (Å²) in [5.41, 5.74) is 1.55. The van der Waals surface area contributed by atoms with Crippen molar-refractivity contribution in [1.82, 2.24) is 4.90 Å². The summed E-state index contributed by atoms with van der Waals surface area (Å²) < 4.78 is 6.27. The minimum absolute atomic E-state index is 0.161. The molecule has 0 bridgehead atoms. The van der Waals surface area contributed by atoms with Crippen molar-refractivity contribution in [1.29, 1.82) is 0 Å². The molecule has 134 valence electrons. The lowest BCUT2D eigenvalue weighted by atomic mass is 10.2. The topological polar surface area (TPSA) is 46.6 Å². The molecule has 4 nitrogen and oxygen atoms in total. The molecule has 2 aromatic rings. The lowest BCUT2D eigenvalue weighted by Gasteiger charge is -2.13. The van der Waals surface area contributed by atoms with Gasteiger partial charge in [-0.3, -0.25) is 14.5 Å². The standard InChI is InChI=1S/C19H15BrClNO3S/c1-2-25-16-8-7-12(9-14(16)20)10-17-18(23)22(19(24)26-17)11-13-5-3-4-6-15(13)21/h3-10H,2,11H2,1H3/b17-10-. The van der Waals surface area contributed by atoms with E-state index >= 15 is 0 Å². The molecule has 0 spiro atoms. The molecule has 1 fully saturated rings. The summed E-state index contributed by atoms with van der Waals surface area (Å²) in [5.74, 6) is 0.418. The Kier molecular flexibility index (Phi) is 6.06. The molecule has 2 amide bonds. The van der Waals surface area contributed by atoms with Crippen molar-refractivity contribution in [2.45, 2.75) is 13.5 Å². The van der Waals surface area contributed by atoms with E-state index in [4.69, 9.17) is 16.3 Å². The Balaban J connectivity index is 1.81. The average molecular weight is 453 g/mol. The van der Waals surface area contributed by atoms with E-state index in [0.29, 0.717) is 16.5 Å². The van der Waals surface area contributed by atoms with Gasteiger partial charge in [-0.1, -0.05) is 35.9 Å². The summed E-state index contributed by atoms with van der Waals surface area (Å²) in [6.07, 6.45) is 1.71. The molecule has 1 aliphatic heterocycles. The zero-order valence-electron chi connectivity index (χ0n) is 13.9. The van der Waals surface area contributed by atoms with Gasteiger partial charge in [0.2, 0.25) is 0 Å². The molecule has 0 aromatic heterocycles. The first-order valence-electron chi connectivity index (χ1n) is 7.90. The van der Waals surface area contributed by atoms with E-state index in [2.05, 4.69) is 15.9 Å². The second-order valence-electron chi connectivity index (χ2n) is 5.48. The summed E-state index contributed by atoms with van der Waals surface area (Å²) in [4.78, 5) is 26.5. The lowest BCUT2D eigenvalue weighted by Crippen LogP contribution is -2.27. The molecule has 0 radical (unpaired) electrons. The van der Waals surface area contributed by atoms with E-state index in [9.17, 15) is 9.59 Å². The van der Waals surface area contributed by atoms with Gasteiger partial charge in [-0.25, -0.2) is 0 Å². The first-order valence-corrected chi connectivity index (χ1v) is 9.89. The molecule has 1 aliphatic rings.